The Bertz CT molecular complexity index is 1080. The molecule has 0 radical (unpaired) electrons. The van der Waals surface area contributed by atoms with Gasteiger partial charge in [-0.25, -0.2) is 17.5 Å². The van der Waals surface area contributed by atoms with Gasteiger partial charge in [0.05, 0.1) is 22.1 Å². The van der Waals surface area contributed by atoms with E-state index in [9.17, 15) is 17.6 Å². The van der Waals surface area contributed by atoms with Crippen LogP contribution in [-0.2, 0) is 22.9 Å². The fourth-order valence-corrected chi connectivity index (χ4v) is 5.38. The number of hydrogen-bond donors (Lipinski definition) is 1. The van der Waals surface area contributed by atoms with E-state index < -0.39 is 27.3 Å². The van der Waals surface area contributed by atoms with Gasteiger partial charge in [-0.3, -0.25) is 4.79 Å². The molecule has 1 saturated carbocycles. The Morgan fingerprint density at radius 3 is 2.60 bits per heavy atom. The van der Waals surface area contributed by atoms with Gasteiger partial charge in [0.15, 0.2) is 0 Å². The Morgan fingerprint density at radius 1 is 1.10 bits per heavy atom. The van der Waals surface area contributed by atoms with Gasteiger partial charge >= 0.3 is 0 Å². The number of carbonyl (C=O) groups excluding carboxylic acids is 1. The van der Waals surface area contributed by atoms with E-state index in [0.29, 0.717) is 12.5 Å². The highest BCUT2D eigenvalue weighted by molar-refractivity contribution is 7.90. The molecule has 0 heterocycles. The molecule has 0 unspecified atom stereocenters. The molecule has 0 aliphatic heterocycles. The van der Waals surface area contributed by atoms with Crippen LogP contribution in [0.1, 0.15) is 53.6 Å². The van der Waals surface area contributed by atoms with Crippen molar-refractivity contribution in [3.05, 3.63) is 57.9 Å². The molecule has 0 bridgehead atoms. The molecule has 2 aromatic rings. The first-order valence-corrected chi connectivity index (χ1v) is 12.0. The average Bonchev–Trinajstić information content (AvgIpc) is 3.38. The third kappa shape index (κ3) is 4.47. The number of amides is 1. The van der Waals surface area contributed by atoms with Crippen molar-refractivity contribution in [3.8, 4) is 5.75 Å². The molecule has 30 heavy (non-hydrogen) atoms. The number of hydrogen-bond acceptors (Lipinski definition) is 4. The van der Waals surface area contributed by atoms with E-state index in [4.69, 9.17) is 16.3 Å². The second-order valence-electron chi connectivity index (χ2n) is 7.94. The van der Waals surface area contributed by atoms with E-state index in [1.807, 2.05) is 4.72 Å². The number of sulfonamides is 1. The molecule has 0 aromatic heterocycles. The molecular formula is C22H23ClFNO4S. The van der Waals surface area contributed by atoms with E-state index in [1.165, 1.54) is 6.07 Å². The van der Waals surface area contributed by atoms with Crippen LogP contribution in [0.25, 0.3) is 0 Å². The molecule has 160 valence electrons. The van der Waals surface area contributed by atoms with Crippen LogP contribution < -0.4 is 9.46 Å². The topological polar surface area (TPSA) is 72.5 Å². The lowest BCUT2D eigenvalue weighted by molar-refractivity contribution is 0.0977. The van der Waals surface area contributed by atoms with Crippen molar-refractivity contribution in [3.63, 3.8) is 0 Å². The summed E-state index contributed by atoms with van der Waals surface area (Å²) in [6, 6.07) is 6.93. The maximum atomic E-state index is 14.5. The summed E-state index contributed by atoms with van der Waals surface area (Å²) in [5.41, 5.74) is 1.63. The zero-order valence-electron chi connectivity index (χ0n) is 16.4. The van der Waals surface area contributed by atoms with Crippen molar-refractivity contribution >= 4 is 27.5 Å². The minimum absolute atomic E-state index is 0.0143. The van der Waals surface area contributed by atoms with E-state index in [2.05, 4.69) is 0 Å². The van der Waals surface area contributed by atoms with Crippen LogP contribution in [-0.4, -0.2) is 20.9 Å². The monoisotopic (exact) mass is 451 g/mol. The highest BCUT2D eigenvalue weighted by Gasteiger charge is 2.24. The summed E-state index contributed by atoms with van der Waals surface area (Å²) in [6.45, 7) is 0.442. The number of aryl methyl sites for hydroxylation is 2. The summed E-state index contributed by atoms with van der Waals surface area (Å²) in [6.07, 6.45) is 7.16. The van der Waals surface area contributed by atoms with Crippen molar-refractivity contribution in [1.82, 2.24) is 4.72 Å². The summed E-state index contributed by atoms with van der Waals surface area (Å²) in [5, 5.41) is 0.0643. The zero-order chi connectivity index (χ0) is 21.3. The van der Waals surface area contributed by atoms with E-state index in [0.717, 1.165) is 68.2 Å². The number of fused-ring (bicyclic) bond motifs is 1. The molecule has 0 atom stereocenters. The molecule has 0 spiro atoms. The largest absolute Gasteiger partial charge is 0.492 e. The van der Waals surface area contributed by atoms with Gasteiger partial charge in [0.2, 0.25) is 0 Å². The van der Waals surface area contributed by atoms with Crippen LogP contribution in [0.4, 0.5) is 4.39 Å². The Balaban J connectivity index is 1.49. The molecule has 0 saturated heterocycles. The summed E-state index contributed by atoms with van der Waals surface area (Å²) in [4.78, 5) is 12.5. The molecule has 1 N–H and O–H groups in total. The molecule has 4 rings (SSSR count). The second-order valence-corrected chi connectivity index (χ2v) is 10.0. The van der Waals surface area contributed by atoms with E-state index in [-0.39, 0.29) is 15.7 Å². The Kier molecular flexibility index (Phi) is 6.02. The SMILES string of the molecule is O=C(NS(=O)(=O)c1ccc2c(c1)CCC2)c1cc(Cl)c(OCC2CCCC2)cc1F. The summed E-state index contributed by atoms with van der Waals surface area (Å²) >= 11 is 6.16. The van der Waals surface area contributed by atoms with Gasteiger partial charge in [-0.2, -0.15) is 0 Å². The van der Waals surface area contributed by atoms with Crippen LogP contribution in [0.3, 0.4) is 0 Å². The van der Waals surface area contributed by atoms with Crippen LogP contribution in [0.15, 0.2) is 35.2 Å². The Morgan fingerprint density at radius 2 is 1.83 bits per heavy atom. The fourth-order valence-electron chi connectivity index (χ4n) is 4.15. The first kappa shape index (κ1) is 21.1. The molecular weight excluding hydrogens is 429 g/mol. The number of ether oxygens (including phenoxy) is 1. The predicted molar refractivity (Wildman–Crippen MR) is 112 cm³/mol. The number of rotatable bonds is 6. The Hall–Kier alpha value is -2.12. The van der Waals surface area contributed by atoms with Gasteiger partial charge < -0.3 is 4.74 Å². The van der Waals surface area contributed by atoms with E-state index in [1.54, 1.807) is 12.1 Å². The van der Waals surface area contributed by atoms with Gasteiger partial charge in [0, 0.05) is 6.07 Å². The van der Waals surface area contributed by atoms with Crippen LogP contribution >= 0.6 is 11.6 Å². The molecule has 5 nitrogen and oxygen atoms in total. The van der Waals surface area contributed by atoms with Gasteiger partial charge in [-0.1, -0.05) is 30.5 Å². The standard InChI is InChI=1S/C22H23ClFNO4S/c23-19-11-18(20(24)12-21(19)29-13-14-4-1-2-5-14)22(26)25-30(27,28)17-9-8-15-6-3-7-16(15)10-17/h8-12,14H,1-7,13H2,(H,25,26). The maximum absolute atomic E-state index is 14.5. The minimum atomic E-state index is -4.13. The Labute approximate surface area is 180 Å². The van der Waals surface area contributed by atoms with Crippen molar-refractivity contribution in [2.24, 2.45) is 5.92 Å². The smallest absolute Gasteiger partial charge is 0.268 e. The lowest BCUT2D eigenvalue weighted by Gasteiger charge is -2.14. The van der Waals surface area contributed by atoms with Gasteiger partial charge in [-0.05, 0) is 67.3 Å². The number of halogens is 2. The number of nitrogens with one attached hydrogen (secondary N) is 1. The lowest BCUT2D eigenvalue weighted by atomic mass is 10.1. The number of benzene rings is 2. The summed E-state index contributed by atoms with van der Waals surface area (Å²) in [7, 11) is -4.13. The number of carbonyl (C=O) groups is 1. The molecule has 1 amide bonds. The normalized spacial score (nSPS) is 16.5. The van der Waals surface area contributed by atoms with Gasteiger partial charge in [0.25, 0.3) is 15.9 Å². The second kappa shape index (κ2) is 8.55. The summed E-state index contributed by atoms with van der Waals surface area (Å²) < 4.78 is 47.3. The molecule has 2 aliphatic rings. The molecule has 2 aromatic carbocycles. The van der Waals surface area contributed by atoms with Gasteiger partial charge in [0.1, 0.15) is 11.6 Å². The van der Waals surface area contributed by atoms with Crippen molar-refractivity contribution in [1.29, 1.82) is 0 Å². The van der Waals surface area contributed by atoms with Crippen LogP contribution in [0.5, 0.6) is 5.75 Å². The average molecular weight is 452 g/mol. The third-order valence-electron chi connectivity index (χ3n) is 5.82. The fraction of sp³-hybridized carbons (Fsp3) is 0.409. The quantitative estimate of drug-likeness (QED) is 0.693. The maximum Gasteiger partial charge on any atom is 0.268 e. The van der Waals surface area contributed by atoms with Crippen molar-refractivity contribution < 1.29 is 22.3 Å². The minimum Gasteiger partial charge on any atom is -0.492 e. The molecule has 8 heteroatoms. The van der Waals surface area contributed by atoms with Crippen LogP contribution in [0.2, 0.25) is 5.02 Å². The lowest BCUT2D eigenvalue weighted by Crippen LogP contribution is -2.31. The highest BCUT2D eigenvalue weighted by atomic mass is 35.5. The first-order chi connectivity index (χ1) is 14.3. The molecule has 2 aliphatic carbocycles. The first-order valence-electron chi connectivity index (χ1n) is 10.1. The van der Waals surface area contributed by atoms with E-state index >= 15 is 0 Å². The highest BCUT2D eigenvalue weighted by Crippen LogP contribution is 2.31. The third-order valence-corrected chi connectivity index (χ3v) is 7.45. The summed E-state index contributed by atoms with van der Waals surface area (Å²) in [5.74, 6) is -1.39. The predicted octanol–water partition coefficient (Wildman–Crippen LogP) is 4.66. The zero-order valence-corrected chi connectivity index (χ0v) is 18.0. The van der Waals surface area contributed by atoms with Crippen LogP contribution in [0, 0.1) is 11.7 Å². The van der Waals surface area contributed by atoms with Crippen molar-refractivity contribution in [2.75, 3.05) is 6.61 Å². The van der Waals surface area contributed by atoms with Crippen molar-refractivity contribution in [2.45, 2.75) is 49.8 Å². The van der Waals surface area contributed by atoms with Gasteiger partial charge in [-0.15, -0.1) is 0 Å². The molecule has 1 fully saturated rings.